The Hall–Kier alpha value is -1.71. The van der Waals surface area contributed by atoms with E-state index in [4.69, 9.17) is 15.0 Å². The molecule has 2 fully saturated rings. The van der Waals surface area contributed by atoms with Gasteiger partial charge in [-0.25, -0.2) is 0 Å². The van der Waals surface area contributed by atoms with Gasteiger partial charge in [0.2, 0.25) is 5.91 Å². The summed E-state index contributed by atoms with van der Waals surface area (Å²) < 4.78 is 44.6. The third-order valence-corrected chi connectivity index (χ3v) is 3.76. The molecule has 4 nitrogen and oxygen atoms in total. The number of carbonyl (C=O) groups excluding carboxylic acids is 1. The molecule has 0 radical (unpaired) electrons. The highest BCUT2D eigenvalue weighted by molar-refractivity contribution is 5.79. The number of rotatable bonds is 4. The monoisotopic (exact) mass is 279 g/mol. The summed E-state index contributed by atoms with van der Waals surface area (Å²) in [5.74, 6) is -1.54. The Morgan fingerprint density at radius 2 is 2.15 bits per heavy atom. The molecule has 1 aromatic rings. The molecule has 3 rings (SSSR count). The van der Waals surface area contributed by atoms with E-state index in [9.17, 15) is 4.79 Å². The first-order valence-electron chi connectivity index (χ1n) is 8.99. The molecule has 1 aliphatic heterocycles. The highest BCUT2D eigenvalue weighted by Crippen LogP contribution is 2.35. The lowest BCUT2D eigenvalue weighted by molar-refractivity contribution is -0.119. The van der Waals surface area contributed by atoms with Gasteiger partial charge in [0.15, 0.2) is 11.5 Å². The van der Waals surface area contributed by atoms with Gasteiger partial charge in [0.05, 0.1) is 17.3 Å². The maximum Gasteiger partial charge on any atom is 0.220 e. The van der Waals surface area contributed by atoms with Gasteiger partial charge in [0.1, 0.15) is 0 Å². The van der Waals surface area contributed by atoms with E-state index in [-0.39, 0.29) is 60.2 Å². The summed E-state index contributed by atoms with van der Waals surface area (Å²) in [7, 11) is 1.38. The van der Waals surface area contributed by atoms with Crippen LogP contribution < -0.4 is 14.8 Å². The van der Waals surface area contributed by atoms with Crippen LogP contribution in [0.5, 0.6) is 11.5 Å². The molecule has 20 heavy (non-hydrogen) atoms. The van der Waals surface area contributed by atoms with Crippen molar-refractivity contribution in [3.8, 4) is 11.5 Å². The predicted molar refractivity (Wildman–Crippen MR) is 76.2 cm³/mol. The molecule has 1 N–H and O–H groups in total. The van der Waals surface area contributed by atoms with E-state index >= 15 is 0 Å². The van der Waals surface area contributed by atoms with Crippen molar-refractivity contribution in [2.24, 2.45) is 0 Å². The molecule has 4 heteroatoms. The fourth-order valence-electron chi connectivity index (χ4n) is 2.65. The molecule has 2 aliphatic rings. The largest absolute Gasteiger partial charge is 0.493 e. The number of methoxy groups -OCH3 is 1. The maximum absolute atomic E-state index is 11.6. The lowest BCUT2D eigenvalue weighted by Gasteiger charge is -2.18. The second-order valence-electron chi connectivity index (χ2n) is 5.19. The van der Waals surface area contributed by atoms with Crippen LogP contribution in [0.15, 0.2) is 18.1 Å². The van der Waals surface area contributed by atoms with Crippen LogP contribution in [-0.4, -0.2) is 25.7 Å². The number of amides is 1. The van der Waals surface area contributed by atoms with Crippen molar-refractivity contribution in [1.29, 1.82) is 0 Å². The number of hydrogen-bond acceptors (Lipinski definition) is 3. The molecule has 0 bridgehead atoms. The van der Waals surface area contributed by atoms with Gasteiger partial charge in [-0.1, -0.05) is 6.04 Å². The van der Waals surface area contributed by atoms with Crippen LogP contribution in [0, 0.1) is 0 Å². The number of nitrogens with one attached hydrogen (secondary N) is 1. The zero-order chi connectivity index (χ0) is 17.5. The summed E-state index contributed by atoms with van der Waals surface area (Å²) in [5, 5.41) is 2.58. The zero-order valence-electron chi connectivity index (χ0n) is 15.5. The highest BCUT2D eigenvalue weighted by Gasteiger charge is 2.25. The van der Waals surface area contributed by atoms with Gasteiger partial charge < -0.3 is 14.8 Å². The third-order valence-electron chi connectivity index (χ3n) is 3.76. The zero-order valence-corrected chi connectivity index (χ0v) is 11.5. The van der Waals surface area contributed by atoms with Crippen molar-refractivity contribution in [3.63, 3.8) is 0 Å². The number of hydrogen-bond donors (Lipinski definition) is 1. The molecule has 1 heterocycles. The molecule has 108 valence electrons. The smallest absolute Gasteiger partial charge is 0.220 e. The Bertz CT molecular complexity index is 676. The molecule has 0 spiro atoms. The second kappa shape index (κ2) is 5.73. The second-order valence-corrected chi connectivity index (χ2v) is 5.19. The summed E-state index contributed by atoms with van der Waals surface area (Å²) >= 11 is 0. The molecule has 1 amide bonds. The van der Waals surface area contributed by atoms with E-state index in [1.807, 2.05) is 0 Å². The van der Waals surface area contributed by atoms with Gasteiger partial charge >= 0.3 is 0 Å². The minimum Gasteiger partial charge on any atom is -0.493 e. The SMILES string of the molecule is [2H]c1c([2H])c(C2([2H])CNC(=O)C2)c([2H])c(OC2CCCC2)c1OC. The van der Waals surface area contributed by atoms with Crippen LogP contribution in [0.25, 0.3) is 0 Å². The lowest BCUT2D eigenvalue weighted by Crippen LogP contribution is -2.14. The summed E-state index contributed by atoms with van der Waals surface area (Å²) in [4.78, 5) is 11.6. The molecule has 1 aliphatic carbocycles. The molecule has 1 atom stereocenters. The first-order chi connectivity index (χ1) is 11.4. The van der Waals surface area contributed by atoms with Crippen LogP contribution in [-0.2, 0) is 4.79 Å². The Balaban J connectivity index is 2.12. The van der Waals surface area contributed by atoms with Crippen molar-refractivity contribution < 1.29 is 19.8 Å². The average Bonchev–Trinajstić information content (AvgIpc) is 3.15. The molecular weight excluding hydrogens is 254 g/mol. The van der Waals surface area contributed by atoms with Gasteiger partial charge in [-0.15, -0.1) is 0 Å². The van der Waals surface area contributed by atoms with Gasteiger partial charge in [-0.05, 0) is 43.3 Å². The van der Waals surface area contributed by atoms with Crippen molar-refractivity contribution in [2.45, 2.75) is 44.1 Å². The van der Waals surface area contributed by atoms with Crippen molar-refractivity contribution in [3.05, 3.63) is 23.7 Å². The molecule has 1 saturated carbocycles. The van der Waals surface area contributed by atoms with Crippen molar-refractivity contribution >= 4 is 5.91 Å². The number of benzene rings is 1. The van der Waals surface area contributed by atoms with E-state index in [1.165, 1.54) is 7.11 Å². The Morgan fingerprint density at radius 1 is 1.35 bits per heavy atom. The summed E-state index contributed by atoms with van der Waals surface area (Å²) in [6, 6.07) is -0.573. The minimum atomic E-state index is -1.43. The highest BCUT2D eigenvalue weighted by atomic mass is 16.5. The van der Waals surface area contributed by atoms with Crippen LogP contribution in [0.2, 0.25) is 0 Å². The van der Waals surface area contributed by atoms with E-state index in [2.05, 4.69) is 5.32 Å². The van der Waals surface area contributed by atoms with Gasteiger partial charge in [-0.2, -0.15) is 0 Å². The topological polar surface area (TPSA) is 47.6 Å². The maximum atomic E-state index is 11.6. The van der Waals surface area contributed by atoms with E-state index in [0.29, 0.717) is 0 Å². The summed E-state index contributed by atoms with van der Waals surface area (Å²) in [6.45, 7) is 0.0260. The van der Waals surface area contributed by atoms with Crippen molar-refractivity contribution in [2.75, 3.05) is 13.7 Å². The molecular formula is C16H21NO3. The van der Waals surface area contributed by atoms with Gasteiger partial charge in [0, 0.05) is 20.2 Å². The number of carbonyl (C=O) groups is 1. The predicted octanol–water partition coefficient (Wildman–Crippen LogP) is 2.62. The minimum absolute atomic E-state index is 0.0260. The van der Waals surface area contributed by atoms with Crippen LogP contribution >= 0.6 is 0 Å². The first-order valence-corrected chi connectivity index (χ1v) is 6.99. The third kappa shape index (κ3) is 2.74. The van der Waals surface area contributed by atoms with E-state index in [1.54, 1.807) is 0 Å². The van der Waals surface area contributed by atoms with Crippen LogP contribution in [0.1, 0.15) is 49.0 Å². The molecule has 1 saturated heterocycles. The standard InChI is InChI=1S/C16H21NO3/c1-19-14-7-6-11(12-9-16(18)17-10-12)8-15(14)20-13-4-2-3-5-13/h6-8,12-13H,2-5,9-10H2,1H3,(H,17,18)/i6D,7D,8D,12D. The van der Waals surface area contributed by atoms with Crippen molar-refractivity contribution in [1.82, 2.24) is 5.32 Å². The van der Waals surface area contributed by atoms with E-state index < -0.39 is 5.89 Å². The Kier molecular flexibility index (Phi) is 2.66. The average molecular weight is 279 g/mol. The fourth-order valence-corrected chi connectivity index (χ4v) is 2.65. The van der Waals surface area contributed by atoms with Gasteiger partial charge in [-0.3, -0.25) is 4.79 Å². The normalized spacial score (nSPS) is 29.4. The summed E-state index contributed by atoms with van der Waals surface area (Å²) in [5.41, 5.74) is 0.0552. The Morgan fingerprint density at radius 3 is 2.80 bits per heavy atom. The summed E-state index contributed by atoms with van der Waals surface area (Å²) in [6.07, 6.45) is 3.69. The molecule has 0 aromatic heterocycles. The van der Waals surface area contributed by atoms with Gasteiger partial charge in [0.25, 0.3) is 0 Å². The van der Waals surface area contributed by atoms with Crippen LogP contribution in [0.3, 0.4) is 0 Å². The lowest BCUT2D eigenvalue weighted by atomic mass is 9.98. The molecule has 1 aromatic carbocycles. The Labute approximate surface area is 125 Å². The van der Waals surface area contributed by atoms with Crippen LogP contribution in [0.4, 0.5) is 0 Å². The first kappa shape index (κ1) is 9.27. The van der Waals surface area contributed by atoms with E-state index in [0.717, 1.165) is 25.7 Å². The fraction of sp³-hybridized carbons (Fsp3) is 0.562. The number of ether oxygens (including phenoxy) is 2. The molecule has 1 unspecified atom stereocenters. The quantitative estimate of drug-likeness (QED) is 0.921.